The minimum atomic E-state index is -0.155. The predicted molar refractivity (Wildman–Crippen MR) is 75.8 cm³/mol. The van der Waals surface area contributed by atoms with E-state index in [-0.39, 0.29) is 5.91 Å². The summed E-state index contributed by atoms with van der Waals surface area (Å²) in [5.41, 5.74) is 2.52. The van der Waals surface area contributed by atoms with E-state index in [4.69, 9.17) is 0 Å². The molecule has 0 atom stereocenters. The van der Waals surface area contributed by atoms with Gasteiger partial charge >= 0.3 is 0 Å². The first-order valence-corrected chi connectivity index (χ1v) is 6.36. The molecule has 1 amide bonds. The molecule has 0 unspecified atom stereocenters. The highest BCUT2D eigenvalue weighted by molar-refractivity contribution is 9.10. The van der Waals surface area contributed by atoms with Gasteiger partial charge in [0.2, 0.25) is 0 Å². The largest absolute Gasteiger partial charge is 0.307 e. The SMILES string of the molecule is Cc1cc(Br)cc(C(=O)Nc2cccc(C)n2)c1. The smallest absolute Gasteiger partial charge is 0.256 e. The van der Waals surface area contributed by atoms with Crippen molar-refractivity contribution in [3.8, 4) is 0 Å². The molecule has 0 aliphatic carbocycles. The molecule has 0 aliphatic rings. The van der Waals surface area contributed by atoms with E-state index in [1.165, 1.54) is 0 Å². The number of carbonyl (C=O) groups excluding carboxylic acids is 1. The number of hydrogen-bond acceptors (Lipinski definition) is 2. The van der Waals surface area contributed by atoms with Crippen LogP contribution in [-0.2, 0) is 0 Å². The second-order valence-electron chi connectivity index (χ2n) is 4.14. The maximum Gasteiger partial charge on any atom is 0.256 e. The third-order valence-electron chi connectivity index (χ3n) is 2.43. The van der Waals surface area contributed by atoms with Crippen LogP contribution in [0, 0.1) is 13.8 Å². The van der Waals surface area contributed by atoms with Gasteiger partial charge in [0.05, 0.1) is 0 Å². The highest BCUT2D eigenvalue weighted by Crippen LogP contribution is 2.16. The van der Waals surface area contributed by atoms with Crippen molar-refractivity contribution in [2.24, 2.45) is 0 Å². The van der Waals surface area contributed by atoms with Crippen LogP contribution < -0.4 is 5.32 Å². The van der Waals surface area contributed by atoms with E-state index in [0.717, 1.165) is 15.7 Å². The number of benzene rings is 1. The summed E-state index contributed by atoms with van der Waals surface area (Å²) in [4.78, 5) is 16.3. The number of nitrogens with one attached hydrogen (secondary N) is 1. The van der Waals surface area contributed by atoms with Crippen LogP contribution >= 0.6 is 15.9 Å². The lowest BCUT2D eigenvalue weighted by molar-refractivity contribution is 0.102. The summed E-state index contributed by atoms with van der Waals surface area (Å²) in [5.74, 6) is 0.412. The van der Waals surface area contributed by atoms with E-state index in [1.54, 1.807) is 12.1 Å². The number of aryl methyl sites for hydroxylation is 2. The van der Waals surface area contributed by atoms with Gasteiger partial charge in [0, 0.05) is 15.7 Å². The van der Waals surface area contributed by atoms with Gasteiger partial charge in [-0.3, -0.25) is 4.79 Å². The minimum Gasteiger partial charge on any atom is -0.307 e. The predicted octanol–water partition coefficient (Wildman–Crippen LogP) is 3.71. The molecule has 1 aromatic heterocycles. The van der Waals surface area contributed by atoms with Gasteiger partial charge in [-0.05, 0) is 49.7 Å². The Morgan fingerprint density at radius 1 is 1.22 bits per heavy atom. The van der Waals surface area contributed by atoms with Gasteiger partial charge in [0.15, 0.2) is 0 Å². The first-order valence-electron chi connectivity index (χ1n) is 5.57. The molecule has 0 aliphatic heterocycles. The van der Waals surface area contributed by atoms with Crippen LogP contribution in [0.2, 0.25) is 0 Å². The zero-order chi connectivity index (χ0) is 13.1. The van der Waals surface area contributed by atoms with Crippen molar-refractivity contribution in [3.63, 3.8) is 0 Å². The Kier molecular flexibility index (Phi) is 3.77. The molecule has 18 heavy (non-hydrogen) atoms. The Morgan fingerprint density at radius 2 is 2.00 bits per heavy atom. The van der Waals surface area contributed by atoms with Crippen LogP contribution in [0.3, 0.4) is 0 Å². The average molecular weight is 305 g/mol. The molecule has 4 heteroatoms. The van der Waals surface area contributed by atoms with Gasteiger partial charge in [0.1, 0.15) is 5.82 Å². The van der Waals surface area contributed by atoms with E-state index < -0.39 is 0 Å². The number of carbonyl (C=O) groups is 1. The molecular weight excluding hydrogens is 292 g/mol. The zero-order valence-corrected chi connectivity index (χ0v) is 11.8. The number of aromatic nitrogens is 1. The van der Waals surface area contributed by atoms with Gasteiger partial charge in [-0.25, -0.2) is 4.98 Å². The average Bonchev–Trinajstić information content (AvgIpc) is 2.27. The molecule has 3 nitrogen and oxygen atoms in total. The third-order valence-corrected chi connectivity index (χ3v) is 2.89. The molecule has 92 valence electrons. The molecular formula is C14H13BrN2O. The summed E-state index contributed by atoms with van der Waals surface area (Å²) in [6.45, 7) is 3.84. The molecule has 1 aromatic carbocycles. The third kappa shape index (κ3) is 3.17. The lowest BCUT2D eigenvalue weighted by atomic mass is 10.1. The van der Waals surface area contributed by atoms with Crippen molar-refractivity contribution >= 4 is 27.7 Å². The summed E-state index contributed by atoms with van der Waals surface area (Å²) in [6, 6.07) is 11.1. The normalized spacial score (nSPS) is 10.2. The molecule has 1 heterocycles. The summed E-state index contributed by atoms with van der Waals surface area (Å²) in [5, 5.41) is 2.78. The number of rotatable bonds is 2. The van der Waals surface area contributed by atoms with Crippen molar-refractivity contribution in [1.29, 1.82) is 0 Å². The van der Waals surface area contributed by atoms with E-state index >= 15 is 0 Å². The van der Waals surface area contributed by atoms with Gasteiger partial charge in [0.25, 0.3) is 5.91 Å². The van der Waals surface area contributed by atoms with Crippen LogP contribution in [0.1, 0.15) is 21.6 Å². The molecule has 0 saturated carbocycles. The van der Waals surface area contributed by atoms with Gasteiger partial charge in [-0.1, -0.05) is 22.0 Å². The number of halogens is 1. The molecule has 2 aromatic rings. The number of hydrogen-bond donors (Lipinski definition) is 1. The molecule has 0 saturated heterocycles. The highest BCUT2D eigenvalue weighted by Gasteiger charge is 2.08. The Balaban J connectivity index is 2.22. The Morgan fingerprint density at radius 3 is 2.67 bits per heavy atom. The highest BCUT2D eigenvalue weighted by atomic mass is 79.9. The van der Waals surface area contributed by atoms with Crippen LogP contribution in [0.25, 0.3) is 0 Å². The van der Waals surface area contributed by atoms with E-state index in [2.05, 4.69) is 26.2 Å². The van der Waals surface area contributed by atoms with Crippen molar-refractivity contribution < 1.29 is 4.79 Å². The van der Waals surface area contributed by atoms with Crippen molar-refractivity contribution in [3.05, 3.63) is 57.7 Å². The summed E-state index contributed by atoms with van der Waals surface area (Å²) < 4.78 is 0.893. The fraction of sp³-hybridized carbons (Fsp3) is 0.143. The van der Waals surface area contributed by atoms with Crippen molar-refractivity contribution in [1.82, 2.24) is 4.98 Å². The second-order valence-corrected chi connectivity index (χ2v) is 5.05. The first kappa shape index (κ1) is 12.8. The maximum absolute atomic E-state index is 12.1. The van der Waals surface area contributed by atoms with Crippen LogP contribution in [0.4, 0.5) is 5.82 Å². The molecule has 2 rings (SSSR count). The van der Waals surface area contributed by atoms with Crippen molar-refractivity contribution in [2.75, 3.05) is 5.32 Å². The molecule has 0 bridgehead atoms. The summed E-state index contributed by atoms with van der Waals surface area (Å²) in [7, 11) is 0. The van der Waals surface area contributed by atoms with Crippen LogP contribution in [-0.4, -0.2) is 10.9 Å². The number of pyridine rings is 1. The van der Waals surface area contributed by atoms with Crippen LogP contribution in [0.5, 0.6) is 0 Å². The number of anilines is 1. The quantitative estimate of drug-likeness (QED) is 0.919. The monoisotopic (exact) mass is 304 g/mol. The number of amides is 1. The van der Waals surface area contributed by atoms with Gasteiger partial charge in [-0.15, -0.1) is 0 Å². The standard InChI is InChI=1S/C14H13BrN2O/c1-9-6-11(8-12(15)7-9)14(18)17-13-5-3-4-10(2)16-13/h3-8H,1-2H3,(H,16,17,18). The van der Waals surface area contributed by atoms with Crippen molar-refractivity contribution in [2.45, 2.75) is 13.8 Å². The Bertz CT molecular complexity index is 576. The fourth-order valence-corrected chi connectivity index (χ4v) is 2.28. The molecule has 0 fully saturated rings. The topological polar surface area (TPSA) is 42.0 Å². The Labute approximate surface area is 114 Å². The van der Waals surface area contributed by atoms with E-state index in [9.17, 15) is 4.79 Å². The van der Waals surface area contributed by atoms with E-state index in [0.29, 0.717) is 11.4 Å². The lowest BCUT2D eigenvalue weighted by Crippen LogP contribution is -2.13. The lowest BCUT2D eigenvalue weighted by Gasteiger charge is -2.06. The fourth-order valence-electron chi connectivity index (χ4n) is 1.67. The first-order chi connectivity index (χ1) is 8.54. The maximum atomic E-state index is 12.1. The summed E-state index contributed by atoms with van der Waals surface area (Å²) in [6.07, 6.45) is 0. The number of nitrogens with zero attached hydrogens (tertiary/aromatic N) is 1. The molecule has 0 radical (unpaired) electrons. The van der Waals surface area contributed by atoms with Crippen LogP contribution in [0.15, 0.2) is 40.9 Å². The molecule has 1 N–H and O–H groups in total. The molecule has 0 spiro atoms. The van der Waals surface area contributed by atoms with E-state index in [1.807, 2.05) is 38.1 Å². The zero-order valence-electron chi connectivity index (χ0n) is 10.2. The summed E-state index contributed by atoms with van der Waals surface area (Å²) >= 11 is 3.38. The van der Waals surface area contributed by atoms with Gasteiger partial charge in [-0.2, -0.15) is 0 Å². The minimum absolute atomic E-state index is 0.155. The second kappa shape index (κ2) is 5.31. The van der Waals surface area contributed by atoms with Gasteiger partial charge < -0.3 is 5.32 Å². The Hall–Kier alpha value is -1.68.